The quantitative estimate of drug-likeness (QED) is 0.432. The first-order valence-corrected chi connectivity index (χ1v) is 8.87. The molecular formula is C19H18F4N4S. The Balaban J connectivity index is 1.91. The van der Waals surface area contributed by atoms with Crippen LogP contribution in [0, 0.1) is 10.6 Å². The van der Waals surface area contributed by atoms with Crippen molar-refractivity contribution in [3.63, 3.8) is 0 Å². The lowest BCUT2D eigenvalue weighted by atomic mass is 10.2. The number of halogens is 4. The van der Waals surface area contributed by atoms with Crippen LogP contribution in [0.2, 0.25) is 0 Å². The van der Waals surface area contributed by atoms with Gasteiger partial charge in [-0.25, -0.2) is 9.07 Å². The zero-order valence-electron chi connectivity index (χ0n) is 15.0. The first-order valence-electron chi connectivity index (χ1n) is 8.46. The van der Waals surface area contributed by atoms with E-state index in [1.807, 2.05) is 0 Å². The molecule has 1 aromatic heterocycles. The van der Waals surface area contributed by atoms with Gasteiger partial charge in [-0.3, -0.25) is 4.90 Å². The Morgan fingerprint density at radius 2 is 1.68 bits per heavy atom. The number of nitrogens with zero attached hydrogens (tertiary/aromatic N) is 4. The first-order chi connectivity index (χ1) is 13.2. The molecule has 2 aromatic carbocycles. The van der Waals surface area contributed by atoms with E-state index in [0.717, 1.165) is 5.56 Å². The van der Waals surface area contributed by atoms with Gasteiger partial charge in [-0.1, -0.05) is 42.5 Å². The average molecular weight is 410 g/mol. The second-order valence-corrected chi connectivity index (χ2v) is 6.74. The maximum atomic E-state index is 14.1. The Morgan fingerprint density at radius 1 is 1.04 bits per heavy atom. The van der Waals surface area contributed by atoms with Crippen molar-refractivity contribution in [1.82, 2.24) is 19.2 Å². The summed E-state index contributed by atoms with van der Waals surface area (Å²) < 4.78 is 56.3. The third kappa shape index (κ3) is 4.85. The number of benzene rings is 2. The summed E-state index contributed by atoms with van der Waals surface area (Å²) >= 11 is 5.31. The lowest BCUT2D eigenvalue weighted by molar-refractivity contribution is -0.151. The summed E-state index contributed by atoms with van der Waals surface area (Å²) in [7, 11) is 1.61. The summed E-state index contributed by atoms with van der Waals surface area (Å²) in [5, 5.41) is 4.28. The van der Waals surface area contributed by atoms with Crippen LogP contribution in [-0.2, 0) is 20.3 Å². The Kier molecular flexibility index (Phi) is 5.95. The molecule has 0 N–H and O–H groups in total. The van der Waals surface area contributed by atoms with Crippen LogP contribution in [0.15, 0.2) is 54.6 Å². The lowest BCUT2D eigenvalue weighted by Crippen LogP contribution is -2.35. The Labute approximate surface area is 164 Å². The van der Waals surface area contributed by atoms with E-state index in [-0.39, 0.29) is 29.4 Å². The zero-order chi connectivity index (χ0) is 20.3. The molecule has 28 heavy (non-hydrogen) atoms. The van der Waals surface area contributed by atoms with Gasteiger partial charge in [-0.2, -0.15) is 18.3 Å². The molecule has 0 saturated carbocycles. The fraction of sp³-hybridized carbons (Fsp3) is 0.263. The zero-order valence-corrected chi connectivity index (χ0v) is 15.8. The molecule has 0 radical (unpaired) electrons. The van der Waals surface area contributed by atoms with E-state index in [4.69, 9.17) is 12.2 Å². The van der Waals surface area contributed by atoms with Crippen molar-refractivity contribution < 1.29 is 17.6 Å². The second-order valence-electron chi connectivity index (χ2n) is 6.37. The molecule has 4 nitrogen and oxygen atoms in total. The van der Waals surface area contributed by atoms with E-state index in [1.165, 1.54) is 20.2 Å². The topological polar surface area (TPSA) is 26.0 Å². The summed E-state index contributed by atoms with van der Waals surface area (Å²) in [6.45, 7) is -1.21. The number of rotatable bonds is 6. The number of alkyl halides is 3. The fourth-order valence-electron chi connectivity index (χ4n) is 2.90. The molecule has 3 rings (SSSR count). The van der Waals surface area contributed by atoms with Gasteiger partial charge >= 0.3 is 6.18 Å². The van der Waals surface area contributed by atoms with Crippen LogP contribution in [0.25, 0.3) is 11.4 Å². The van der Waals surface area contributed by atoms with Crippen LogP contribution < -0.4 is 0 Å². The van der Waals surface area contributed by atoms with Crippen LogP contribution in [-0.4, -0.2) is 32.0 Å². The van der Waals surface area contributed by atoms with Crippen molar-refractivity contribution in [3.05, 3.63) is 70.7 Å². The maximum absolute atomic E-state index is 14.1. The summed E-state index contributed by atoms with van der Waals surface area (Å²) in [5.41, 5.74) is 0.976. The third-order valence-corrected chi connectivity index (χ3v) is 4.63. The lowest BCUT2D eigenvalue weighted by Gasteiger charge is -2.23. The van der Waals surface area contributed by atoms with Crippen LogP contribution in [0.1, 0.15) is 5.56 Å². The largest absolute Gasteiger partial charge is 0.401 e. The number of hydrogen-bond donors (Lipinski definition) is 0. The molecule has 3 aromatic rings. The molecule has 0 saturated heterocycles. The summed E-state index contributed by atoms with van der Waals surface area (Å²) in [6, 6.07) is 14.9. The monoisotopic (exact) mass is 410 g/mol. The van der Waals surface area contributed by atoms with Crippen LogP contribution >= 0.6 is 12.2 Å². The molecule has 0 bridgehead atoms. The van der Waals surface area contributed by atoms with Crippen LogP contribution in [0.3, 0.4) is 0 Å². The normalized spacial score (nSPS) is 11.9. The Bertz CT molecular complexity index is 995. The standard InChI is InChI=1S/C19H18F4N4S/c1-25-17(15-9-5-6-10-16(15)20)24-27(18(25)28)13-26(12-19(21,22)23)11-14-7-3-2-4-8-14/h2-10H,11-13H2,1H3. The molecule has 0 amide bonds. The van der Waals surface area contributed by atoms with E-state index in [2.05, 4.69) is 5.10 Å². The molecule has 148 valence electrons. The van der Waals surface area contributed by atoms with E-state index in [1.54, 1.807) is 55.6 Å². The van der Waals surface area contributed by atoms with Crippen molar-refractivity contribution in [2.24, 2.45) is 7.05 Å². The van der Waals surface area contributed by atoms with Crippen LogP contribution in [0.4, 0.5) is 17.6 Å². The fourth-order valence-corrected chi connectivity index (χ4v) is 3.08. The molecule has 0 unspecified atom stereocenters. The molecule has 0 aliphatic heterocycles. The molecule has 0 fully saturated rings. The molecule has 9 heteroatoms. The predicted octanol–water partition coefficient (Wildman–Crippen LogP) is 4.78. The molecular weight excluding hydrogens is 392 g/mol. The highest BCUT2D eigenvalue weighted by Crippen LogP contribution is 2.22. The summed E-state index contributed by atoms with van der Waals surface area (Å²) in [6.07, 6.45) is -4.37. The smallest absolute Gasteiger partial charge is 0.303 e. The van der Waals surface area contributed by atoms with Gasteiger partial charge in [0, 0.05) is 13.6 Å². The number of hydrogen-bond acceptors (Lipinski definition) is 3. The van der Waals surface area contributed by atoms with E-state index in [9.17, 15) is 17.6 Å². The highest BCUT2D eigenvalue weighted by atomic mass is 32.1. The van der Waals surface area contributed by atoms with Crippen molar-refractivity contribution in [2.75, 3.05) is 6.54 Å². The number of aromatic nitrogens is 3. The minimum absolute atomic E-state index is 0.0771. The van der Waals surface area contributed by atoms with E-state index in [0.29, 0.717) is 0 Å². The SMILES string of the molecule is Cn1c(-c2ccccc2F)nn(CN(Cc2ccccc2)CC(F)(F)F)c1=S. The molecule has 0 aliphatic rings. The molecule has 1 heterocycles. The first kappa shape index (κ1) is 20.2. The maximum Gasteiger partial charge on any atom is 0.401 e. The average Bonchev–Trinajstić information content (AvgIpc) is 2.90. The molecule has 0 spiro atoms. The third-order valence-electron chi connectivity index (χ3n) is 4.14. The highest BCUT2D eigenvalue weighted by molar-refractivity contribution is 7.71. The van der Waals surface area contributed by atoms with Gasteiger partial charge in [-0.15, -0.1) is 0 Å². The van der Waals surface area contributed by atoms with Crippen LogP contribution in [0.5, 0.6) is 0 Å². The van der Waals surface area contributed by atoms with Gasteiger partial charge in [0.2, 0.25) is 0 Å². The van der Waals surface area contributed by atoms with E-state index < -0.39 is 18.5 Å². The van der Waals surface area contributed by atoms with Gasteiger partial charge in [-0.05, 0) is 29.9 Å². The molecule has 0 atom stereocenters. The second kappa shape index (κ2) is 8.24. The van der Waals surface area contributed by atoms with Crippen molar-refractivity contribution in [3.8, 4) is 11.4 Å². The van der Waals surface area contributed by atoms with Gasteiger partial charge in [0.25, 0.3) is 0 Å². The minimum Gasteiger partial charge on any atom is -0.303 e. The van der Waals surface area contributed by atoms with Gasteiger partial charge < -0.3 is 4.57 Å². The van der Waals surface area contributed by atoms with Gasteiger partial charge in [0.05, 0.1) is 18.8 Å². The Hall–Kier alpha value is -2.52. The van der Waals surface area contributed by atoms with Crippen molar-refractivity contribution >= 4 is 12.2 Å². The summed E-state index contributed by atoms with van der Waals surface area (Å²) in [5.74, 6) is -0.219. The van der Waals surface area contributed by atoms with Crippen molar-refractivity contribution in [1.29, 1.82) is 0 Å². The highest BCUT2D eigenvalue weighted by Gasteiger charge is 2.31. The van der Waals surface area contributed by atoms with E-state index >= 15 is 0 Å². The summed E-state index contributed by atoms with van der Waals surface area (Å²) in [4.78, 5) is 1.20. The van der Waals surface area contributed by atoms with Gasteiger partial charge in [0.15, 0.2) is 10.6 Å². The van der Waals surface area contributed by atoms with Crippen molar-refractivity contribution in [2.45, 2.75) is 19.4 Å². The van der Waals surface area contributed by atoms with Gasteiger partial charge in [0.1, 0.15) is 5.82 Å². The predicted molar refractivity (Wildman–Crippen MR) is 100 cm³/mol. The minimum atomic E-state index is -4.37. The Morgan fingerprint density at radius 3 is 2.32 bits per heavy atom. The molecule has 0 aliphatic carbocycles.